The van der Waals surface area contributed by atoms with Crippen molar-refractivity contribution in [2.45, 2.75) is 32.7 Å². The van der Waals surface area contributed by atoms with Crippen LogP contribution in [0.3, 0.4) is 0 Å². The van der Waals surface area contributed by atoms with E-state index in [1.165, 1.54) is 18.7 Å². The number of hydrogen-bond acceptors (Lipinski definition) is 2. The molecule has 104 valence electrons. The Morgan fingerprint density at radius 1 is 1.26 bits per heavy atom. The van der Waals surface area contributed by atoms with Gasteiger partial charge in [0.2, 0.25) is 5.91 Å². The minimum absolute atomic E-state index is 0.168. The first kappa shape index (κ1) is 15.5. The molecule has 4 nitrogen and oxygen atoms in total. The maximum absolute atomic E-state index is 12.2. The van der Waals surface area contributed by atoms with E-state index in [2.05, 4.69) is 0 Å². The molecule has 19 heavy (non-hydrogen) atoms. The standard InChI is InChI=1S/C14H18ClNO3/c1-4-16(14(2,3)13(18)19)12(17)9-10-5-7-11(15)8-6-10/h5-8H,4,9H2,1-3H3,(H,18,19). The van der Waals surface area contributed by atoms with Crippen LogP contribution in [0.4, 0.5) is 0 Å². The normalized spacial score (nSPS) is 11.2. The van der Waals surface area contributed by atoms with Gasteiger partial charge in [0, 0.05) is 11.6 Å². The van der Waals surface area contributed by atoms with Gasteiger partial charge in [-0.1, -0.05) is 23.7 Å². The first-order chi connectivity index (χ1) is 8.78. The Bertz CT molecular complexity index is 468. The molecule has 0 aromatic heterocycles. The summed E-state index contributed by atoms with van der Waals surface area (Å²) in [6, 6.07) is 6.95. The second-order valence-electron chi connectivity index (χ2n) is 4.81. The predicted octanol–water partition coefficient (Wildman–Crippen LogP) is 2.59. The highest BCUT2D eigenvalue weighted by Gasteiger charge is 2.36. The van der Waals surface area contributed by atoms with Crippen LogP contribution in [0.5, 0.6) is 0 Å². The second kappa shape index (κ2) is 6.06. The zero-order chi connectivity index (χ0) is 14.6. The van der Waals surface area contributed by atoms with E-state index in [4.69, 9.17) is 11.6 Å². The Hall–Kier alpha value is -1.55. The minimum Gasteiger partial charge on any atom is -0.480 e. The third kappa shape index (κ3) is 3.70. The number of hydrogen-bond donors (Lipinski definition) is 1. The second-order valence-corrected chi connectivity index (χ2v) is 5.24. The number of amides is 1. The highest BCUT2D eigenvalue weighted by molar-refractivity contribution is 6.30. The van der Waals surface area contributed by atoms with Gasteiger partial charge >= 0.3 is 5.97 Å². The molecule has 1 N–H and O–H groups in total. The van der Waals surface area contributed by atoms with Crippen molar-refractivity contribution in [1.82, 2.24) is 4.90 Å². The third-order valence-corrected chi connectivity index (χ3v) is 3.34. The van der Waals surface area contributed by atoms with Crippen LogP contribution in [-0.2, 0) is 16.0 Å². The first-order valence-electron chi connectivity index (χ1n) is 6.07. The Morgan fingerprint density at radius 2 is 1.79 bits per heavy atom. The highest BCUT2D eigenvalue weighted by Crippen LogP contribution is 2.17. The summed E-state index contributed by atoms with van der Waals surface area (Å²) in [6.45, 7) is 5.17. The molecule has 0 radical (unpaired) electrons. The summed E-state index contributed by atoms with van der Waals surface area (Å²) in [5.74, 6) is -1.23. The zero-order valence-corrected chi connectivity index (χ0v) is 12.1. The maximum Gasteiger partial charge on any atom is 0.329 e. The predicted molar refractivity (Wildman–Crippen MR) is 74.3 cm³/mol. The summed E-state index contributed by atoms with van der Waals surface area (Å²) in [4.78, 5) is 24.8. The lowest BCUT2D eigenvalue weighted by Crippen LogP contribution is -2.53. The summed E-state index contributed by atoms with van der Waals surface area (Å²) in [6.07, 6.45) is 0.168. The number of carboxylic acid groups (broad SMARTS) is 1. The van der Waals surface area contributed by atoms with E-state index >= 15 is 0 Å². The van der Waals surface area contributed by atoms with Crippen molar-refractivity contribution in [3.63, 3.8) is 0 Å². The van der Waals surface area contributed by atoms with Crippen LogP contribution in [0.1, 0.15) is 26.3 Å². The summed E-state index contributed by atoms with van der Waals surface area (Å²) in [5.41, 5.74) is -0.396. The van der Waals surface area contributed by atoms with Crippen molar-refractivity contribution < 1.29 is 14.7 Å². The fraction of sp³-hybridized carbons (Fsp3) is 0.429. The molecular weight excluding hydrogens is 266 g/mol. The SMILES string of the molecule is CCN(C(=O)Cc1ccc(Cl)cc1)C(C)(C)C(=O)O. The topological polar surface area (TPSA) is 57.6 Å². The Labute approximate surface area is 118 Å². The Kier molecular flexibility index (Phi) is 4.95. The van der Waals surface area contributed by atoms with Crippen molar-refractivity contribution in [2.24, 2.45) is 0 Å². The fourth-order valence-electron chi connectivity index (χ4n) is 1.87. The van der Waals surface area contributed by atoms with Gasteiger partial charge < -0.3 is 10.0 Å². The molecule has 1 rings (SSSR count). The van der Waals surface area contributed by atoms with E-state index in [-0.39, 0.29) is 12.3 Å². The molecule has 0 aliphatic heterocycles. The first-order valence-corrected chi connectivity index (χ1v) is 6.45. The van der Waals surface area contributed by atoms with E-state index in [1.54, 1.807) is 31.2 Å². The number of benzene rings is 1. The number of carbonyl (C=O) groups excluding carboxylic acids is 1. The van der Waals surface area contributed by atoms with E-state index in [0.717, 1.165) is 5.56 Å². The van der Waals surface area contributed by atoms with Crippen molar-refractivity contribution in [2.75, 3.05) is 6.54 Å². The average molecular weight is 284 g/mol. The lowest BCUT2D eigenvalue weighted by molar-refractivity contribution is -0.156. The molecule has 0 aliphatic carbocycles. The molecule has 5 heteroatoms. The van der Waals surface area contributed by atoms with Gasteiger partial charge in [-0.25, -0.2) is 4.79 Å². The van der Waals surface area contributed by atoms with Crippen LogP contribution in [0.2, 0.25) is 5.02 Å². The van der Waals surface area contributed by atoms with Crippen LogP contribution < -0.4 is 0 Å². The molecule has 0 bridgehead atoms. The van der Waals surface area contributed by atoms with Crippen LogP contribution in [0.15, 0.2) is 24.3 Å². The third-order valence-electron chi connectivity index (χ3n) is 3.08. The number of carbonyl (C=O) groups is 2. The van der Waals surface area contributed by atoms with Crippen LogP contribution >= 0.6 is 11.6 Å². The van der Waals surface area contributed by atoms with Gasteiger partial charge in [0.15, 0.2) is 0 Å². The fourth-order valence-corrected chi connectivity index (χ4v) is 2.00. The molecule has 0 unspecified atom stereocenters. The van der Waals surface area contributed by atoms with Gasteiger partial charge in [0.05, 0.1) is 6.42 Å². The Balaban J connectivity index is 2.86. The lowest BCUT2D eigenvalue weighted by Gasteiger charge is -2.34. The molecule has 0 saturated heterocycles. The molecule has 0 spiro atoms. The van der Waals surface area contributed by atoms with Crippen molar-refractivity contribution in [3.05, 3.63) is 34.9 Å². The smallest absolute Gasteiger partial charge is 0.329 e. The number of nitrogens with zero attached hydrogens (tertiary/aromatic N) is 1. The lowest BCUT2D eigenvalue weighted by atomic mass is 10.0. The number of carboxylic acids is 1. The van der Waals surface area contributed by atoms with Gasteiger partial charge in [-0.2, -0.15) is 0 Å². The minimum atomic E-state index is -1.21. The van der Waals surface area contributed by atoms with Crippen LogP contribution in [-0.4, -0.2) is 34.0 Å². The average Bonchev–Trinajstić information content (AvgIpc) is 2.32. The molecule has 0 atom stereocenters. The zero-order valence-electron chi connectivity index (χ0n) is 11.3. The molecule has 1 aromatic carbocycles. The maximum atomic E-state index is 12.2. The number of aliphatic carboxylic acids is 1. The molecule has 0 aliphatic rings. The largest absolute Gasteiger partial charge is 0.480 e. The van der Waals surface area contributed by atoms with Gasteiger partial charge in [0.25, 0.3) is 0 Å². The number of rotatable bonds is 5. The van der Waals surface area contributed by atoms with Gasteiger partial charge in [0.1, 0.15) is 5.54 Å². The van der Waals surface area contributed by atoms with E-state index in [0.29, 0.717) is 11.6 Å². The molecule has 0 heterocycles. The molecule has 0 saturated carbocycles. The highest BCUT2D eigenvalue weighted by atomic mass is 35.5. The molecule has 1 aromatic rings. The molecular formula is C14H18ClNO3. The quantitative estimate of drug-likeness (QED) is 0.904. The monoisotopic (exact) mass is 283 g/mol. The Morgan fingerprint density at radius 3 is 2.21 bits per heavy atom. The van der Waals surface area contributed by atoms with Crippen molar-refractivity contribution in [1.29, 1.82) is 0 Å². The van der Waals surface area contributed by atoms with E-state index in [1.807, 2.05) is 0 Å². The van der Waals surface area contributed by atoms with E-state index < -0.39 is 11.5 Å². The molecule has 1 amide bonds. The van der Waals surface area contributed by atoms with Crippen LogP contribution in [0, 0.1) is 0 Å². The summed E-state index contributed by atoms with van der Waals surface area (Å²) in [7, 11) is 0. The summed E-state index contributed by atoms with van der Waals surface area (Å²) in [5, 5.41) is 9.79. The summed E-state index contributed by atoms with van der Waals surface area (Å²) < 4.78 is 0. The van der Waals surface area contributed by atoms with Crippen molar-refractivity contribution >= 4 is 23.5 Å². The van der Waals surface area contributed by atoms with Gasteiger partial charge in [-0.3, -0.25) is 4.79 Å². The summed E-state index contributed by atoms with van der Waals surface area (Å²) >= 11 is 5.78. The van der Waals surface area contributed by atoms with E-state index in [9.17, 15) is 14.7 Å². The van der Waals surface area contributed by atoms with Gasteiger partial charge in [-0.15, -0.1) is 0 Å². The van der Waals surface area contributed by atoms with Crippen LogP contribution in [0.25, 0.3) is 0 Å². The van der Waals surface area contributed by atoms with Crippen molar-refractivity contribution in [3.8, 4) is 0 Å². The number of halogens is 1. The molecule has 0 fully saturated rings. The number of likely N-dealkylation sites (N-methyl/N-ethyl adjacent to an activating group) is 1. The van der Waals surface area contributed by atoms with Gasteiger partial charge in [-0.05, 0) is 38.5 Å².